The quantitative estimate of drug-likeness (QED) is 0.749. The summed E-state index contributed by atoms with van der Waals surface area (Å²) in [7, 11) is 0. The molecule has 3 heterocycles. The van der Waals surface area contributed by atoms with Gasteiger partial charge in [-0.2, -0.15) is 10.1 Å². The van der Waals surface area contributed by atoms with E-state index in [1.54, 1.807) is 24.6 Å². The van der Waals surface area contributed by atoms with Crippen LogP contribution in [0.5, 0.6) is 0 Å². The summed E-state index contributed by atoms with van der Waals surface area (Å²) in [5.74, 6) is 1.59. The van der Waals surface area contributed by atoms with Crippen molar-refractivity contribution in [3.63, 3.8) is 0 Å². The topological polar surface area (TPSA) is 81.9 Å². The van der Waals surface area contributed by atoms with Crippen LogP contribution in [0.1, 0.15) is 25.8 Å². The molecular formula is C14H17N5O2. The van der Waals surface area contributed by atoms with E-state index in [1.807, 2.05) is 16.9 Å². The summed E-state index contributed by atoms with van der Waals surface area (Å²) in [6, 6.07) is 5.94. The highest BCUT2D eigenvalue weighted by Gasteiger charge is 2.16. The molecule has 0 bridgehead atoms. The van der Waals surface area contributed by atoms with E-state index < -0.39 is 0 Å². The molecule has 0 saturated heterocycles. The van der Waals surface area contributed by atoms with Gasteiger partial charge in [-0.3, -0.25) is 4.68 Å². The first-order valence-electron chi connectivity index (χ1n) is 6.83. The lowest BCUT2D eigenvalue weighted by molar-refractivity contribution is 0.325. The molecule has 7 nitrogen and oxygen atoms in total. The molecule has 0 fully saturated rings. The molecule has 0 aliphatic rings. The Balaban J connectivity index is 1.58. The van der Waals surface area contributed by atoms with Crippen LogP contribution in [0.25, 0.3) is 11.6 Å². The van der Waals surface area contributed by atoms with E-state index in [0.717, 1.165) is 0 Å². The average Bonchev–Trinajstić information content (AvgIpc) is 3.25. The second-order valence-electron chi connectivity index (χ2n) is 4.89. The molecule has 0 unspecified atom stereocenters. The summed E-state index contributed by atoms with van der Waals surface area (Å²) < 4.78 is 12.3. The van der Waals surface area contributed by atoms with Crippen LogP contribution < -0.4 is 5.32 Å². The second-order valence-corrected chi connectivity index (χ2v) is 4.89. The number of hydrogen-bond acceptors (Lipinski definition) is 6. The van der Waals surface area contributed by atoms with E-state index in [-0.39, 0.29) is 12.1 Å². The molecule has 7 heteroatoms. The van der Waals surface area contributed by atoms with Gasteiger partial charge in [-0.05, 0) is 32.0 Å². The van der Waals surface area contributed by atoms with Gasteiger partial charge in [0.15, 0.2) is 5.76 Å². The summed E-state index contributed by atoms with van der Waals surface area (Å²) in [6.07, 6.45) is 5.30. The molecule has 2 atom stereocenters. The Bertz CT molecular complexity index is 659. The molecule has 0 amide bonds. The lowest BCUT2D eigenvalue weighted by atomic mass is 10.2. The molecule has 0 aliphatic carbocycles. The molecule has 1 N–H and O–H groups in total. The predicted octanol–water partition coefficient (Wildman–Crippen LogP) is 2.27. The van der Waals surface area contributed by atoms with E-state index >= 15 is 0 Å². The smallest absolute Gasteiger partial charge is 0.241 e. The third-order valence-corrected chi connectivity index (χ3v) is 3.45. The van der Waals surface area contributed by atoms with Crippen molar-refractivity contribution >= 4 is 0 Å². The highest BCUT2D eigenvalue weighted by Crippen LogP contribution is 2.16. The number of hydrogen-bond donors (Lipinski definition) is 1. The molecule has 3 aromatic rings. The Morgan fingerprint density at radius 2 is 2.24 bits per heavy atom. The van der Waals surface area contributed by atoms with Crippen molar-refractivity contribution < 1.29 is 8.94 Å². The molecule has 0 aliphatic heterocycles. The van der Waals surface area contributed by atoms with Crippen molar-refractivity contribution in [2.45, 2.75) is 32.5 Å². The molecule has 0 radical (unpaired) electrons. The van der Waals surface area contributed by atoms with Crippen LogP contribution in [0.2, 0.25) is 0 Å². The zero-order chi connectivity index (χ0) is 14.7. The maximum absolute atomic E-state index is 5.23. The summed E-state index contributed by atoms with van der Waals surface area (Å²) in [4.78, 5) is 4.29. The first-order valence-corrected chi connectivity index (χ1v) is 6.83. The van der Waals surface area contributed by atoms with Crippen LogP contribution >= 0.6 is 0 Å². The van der Waals surface area contributed by atoms with Crippen molar-refractivity contribution in [1.82, 2.24) is 25.2 Å². The zero-order valence-corrected chi connectivity index (χ0v) is 11.9. The van der Waals surface area contributed by atoms with E-state index in [0.29, 0.717) is 24.0 Å². The van der Waals surface area contributed by atoms with Crippen molar-refractivity contribution in [3.05, 3.63) is 42.7 Å². The molecule has 3 aromatic heterocycles. The fourth-order valence-corrected chi connectivity index (χ4v) is 2.00. The number of furan rings is 1. The van der Waals surface area contributed by atoms with Gasteiger partial charge in [-0.25, -0.2) is 0 Å². The largest absolute Gasteiger partial charge is 0.461 e. The van der Waals surface area contributed by atoms with Crippen LogP contribution in [-0.4, -0.2) is 26.0 Å². The summed E-state index contributed by atoms with van der Waals surface area (Å²) in [5.41, 5.74) is 0. The zero-order valence-electron chi connectivity index (χ0n) is 11.9. The van der Waals surface area contributed by atoms with Crippen molar-refractivity contribution in [2.75, 3.05) is 0 Å². The Kier molecular flexibility index (Phi) is 3.83. The SMILES string of the molecule is C[C@H](NCc1nc(-c2ccco2)no1)[C@H](C)n1cccn1. The van der Waals surface area contributed by atoms with Gasteiger partial charge in [0.05, 0.1) is 18.8 Å². The van der Waals surface area contributed by atoms with Gasteiger partial charge in [0.25, 0.3) is 0 Å². The first kappa shape index (κ1) is 13.6. The Morgan fingerprint density at radius 1 is 1.33 bits per heavy atom. The Morgan fingerprint density at radius 3 is 2.95 bits per heavy atom. The maximum atomic E-state index is 5.23. The molecule has 110 valence electrons. The van der Waals surface area contributed by atoms with Crippen molar-refractivity contribution in [2.24, 2.45) is 0 Å². The van der Waals surface area contributed by atoms with Crippen LogP contribution in [0.3, 0.4) is 0 Å². The number of rotatable bonds is 6. The van der Waals surface area contributed by atoms with E-state index in [4.69, 9.17) is 8.94 Å². The molecule has 21 heavy (non-hydrogen) atoms. The lowest BCUT2D eigenvalue weighted by Crippen LogP contribution is -2.33. The average molecular weight is 287 g/mol. The number of nitrogens with zero attached hydrogens (tertiary/aromatic N) is 4. The van der Waals surface area contributed by atoms with Crippen LogP contribution in [0, 0.1) is 0 Å². The van der Waals surface area contributed by atoms with E-state index in [9.17, 15) is 0 Å². The standard InChI is InChI=1S/C14H17N5O2/c1-10(11(2)19-7-4-6-16-19)15-9-13-17-14(18-21-13)12-5-3-8-20-12/h3-8,10-11,15H,9H2,1-2H3/t10-,11-/m0/s1. The maximum Gasteiger partial charge on any atom is 0.241 e. The fraction of sp³-hybridized carbons (Fsp3) is 0.357. The minimum Gasteiger partial charge on any atom is -0.461 e. The molecule has 0 aromatic carbocycles. The lowest BCUT2D eigenvalue weighted by Gasteiger charge is -2.20. The fourth-order valence-electron chi connectivity index (χ4n) is 2.00. The van der Waals surface area contributed by atoms with Gasteiger partial charge in [-0.1, -0.05) is 5.16 Å². The van der Waals surface area contributed by atoms with Gasteiger partial charge in [0.2, 0.25) is 11.7 Å². The Labute approximate surface area is 122 Å². The summed E-state index contributed by atoms with van der Waals surface area (Å²) in [6.45, 7) is 4.70. The number of nitrogens with one attached hydrogen (secondary N) is 1. The van der Waals surface area contributed by atoms with Gasteiger partial charge in [0.1, 0.15) is 0 Å². The second kappa shape index (κ2) is 5.92. The van der Waals surface area contributed by atoms with Crippen molar-refractivity contribution in [3.8, 4) is 11.6 Å². The first-order chi connectivity index (χ1) is 10.2. The normalized spacial score (nSPS) is 14.2. The van der Waals surface area contributed by atoms with Crippen molar-refractivity contribution in [1.29, 1.82) is 0 Å². The number of aromatic nitrogens is 4. The predicted molar refractivity (Wildman–Crippen MR) is 75.2 cm³/mol. The monoisotopic (exact) mass is 287 g/mol. The van der Waals surface area contributed by atoms with E-state index in [1.165, 1.54) is 0 Å². The minimum atomic E-state index is 0.212. The molecule has 0 spiro atoms. The van der Waals surface area contributed by atoms with E-state index in [2.05, 4.69) is 34.4 Å². The van der Waals surface area contributed by atoms with Crippen LogP contribution in [0.15, 0.2) is 45.8 Å². The Hall–Kier alpha value is -2.41. The van der Waals surface area contributed by atoms with Crippen LogP contribution in [-0.2, 0) is 6.54 Å². The van der Waals surface area contributed by atoms with Gasteiger partial charge < -0.3 is 14.3 Å². The van der Waals surface area contributed by atoms with Gasteiger partial charge in [-0.15, -0.1) is 0 Å². The van der Waals surface area contributed by atoms with Gasteiger partial charge >= 0.3 is 0 Å². The summed E-state index contributed by atoms with van der Waals surface area (Å²) >= 11 is 0. The molecule has 3 rings (SSSR count). The third-order valence-electron chi connectivity index (χ3n) is 3.45. The third kappa shape index (κ3) is 3.03. The highest BCUT2D eigenvalue weighted by molar-refractivity contribution is 5.44. The van der Waals surface area contributed by atoms with Gasteiger partial charge in [0, 0.05) is 18.4 Å². The highest BCUT2D eigenvalue weighted by atomic mass is 16.5. The minimum absolute atomic E-state index is 0.212. The summed E-state index contributed by atoms with van der Waals surface area (Å²) in [5, 5.41) is 11.5. The molecule has 0 saturated carbocycles. The molecular weight excluding hydrogens is 270 g/mol. The van der Waals surface area contributed by atoms with Crippen LogP contribution in [0.4, 0.5) is 0 Å².